The Morgan fingerprint density at radius 2 is 1.83 bits per heavy atom. The maximum atomic E-state index is 13.6. The molecule has 0 amide bonds. The highest BCUT2D eigenvalue weighted by molar-refractivity contribution is 9.10. The van der Waals surface area contributed by atoms with Crippen LogP contribution < -0.4 is 10.2 Å². The van der Waals surface area contributed by atoms with Crippen LogP contribution in [0.1, 0.15) is 49.3 Å². The zero-order valence-corrected chi connectivity index (χ0v) is 21.1. The first-order valence-electron chi connectivity index (χ1n) is 12.1. The summed E-state index contributed by atoms with van der Waals surface area (Å²) in [7, 11) is 0. The number of nitrogens with one attached hydrogen (secondary N) is 1. The molecule has 0 bridgehead atoms. The van der Waals surface area contributed by atoms with Gasteiger partial charge >= 0.3 is 0 Å². The molecule has 2 aromatic heterocycles. The van der Waals surface area contributed by atoms with Crippen molar-refractivity contribution in [2.75, 3.05) is 31.1 Å². The summed E-state index contributed by atoms with van der Waals surface area (Å²) in [6, 6.07) is 8.01. The lowest BCUT2D eigenvalue weighted by molar-refractivity contribution is -0.0222. The van der Waals surface area contributed by atoms with E-state index in [1.54, 1.807) is 15.8 Å². The van der Waals surface area contributed by atoms with E-state index in [4.69, 9.17) is 0 Å². The van der Waals surface area contributed by atoms with Crippen LogP contribution in [0.5, 0.6) is 0 Å². The molecule has 0 radical (unpaired) electrons. The SMILES string of the molecule is Cc1cc(-c2nnn(-c3ccc(Br)cc3C3CC34CCNCC4)n2)nc(N2CCC(F)(F)CC2)n1. The third kappa shape index (κ3) is 4.44. The molecule has 3 fully saturated rings. The standard InChI is InChI=1S/C24H27BrF2N8/c1-15-12-19(30-22(29-15)34-10-6-24(26,27)7-11-34)21-31-33-35(32-21)20-3-2-16(25)13-17(20)18-14-23(18)4-8-28-9-5-23/h2-3,12-13,18,28H,4-11,14H2,1H3. The van der Waals surface area contributed by atoms with Crippen molar-refractivity contribution < 1.29 is 8.78 Å². The van der Waals surface area contributed by atoms with Crippen LogP contribution in [0.25, 0.3) is 17.2 Å². The van der Waals surface area contributed by atoms with Gasteiger partial charge in [-0.2, -0.15) is 0 Å². The number of tetrazole rings is 1. The van der Waals surface area contributed by atoms with Crippen LogP contribution in [0.3, 0.4) is 0 Å². The molecule has 2 saturated heterocycles. The third-order valence-electron chi connectivity index (χ3n) is 7.63. The van der Waals surface area contributed by atoms with E-state index in [2.05, 4.69) is 52.7 Å². The van der Waals surface area contributed by atoms with Gasteiger partial charge in [0.1, 0.15) is 5.69 Å². The Hall–Kier alpha value is -2.53. The molecule has 4 heterocycles. The van der Waals surface area contributed by atoms with Gasteiger partial charge in [0.15, 0.2) is 0 Å². The fraction of sp³-hybridized carbons (Fsp3) is 0.542. The predicted octanol–water partition coefficient (Wildman–Crippen LogP) is 4.28. The molecule has 1 aliphatic carbocycles. The molecule has 1 saturated carbocycles. The second kappa shape index (κ2) is 8.55. The number of halogens is 3. The molecular weight excluding hydrogens is 518 g/mol. The number of hydrogen-bond donors (Lipinski definition) is 1. The Morgan fingerprint density at radius 1 is 1.06 bits per heavy atom. The second-order valence-electron chi connectivity index (χ2n) is 10.0. The molecular formula is C24H27BrF2N8. The Morgan fingerprint density at radius 3 is 2.60 bits per heavy atom. The highest BCUT2D eigenvalue weighted by Crippen LogP contribution is 2.65. The van der Waals surface area contributed by atoms with Gasteiger partial charge in [-0.25, -0.2) is 18.7 Å². The van der Waals surface area contributed by atoms with Crippen molar-refractivity contribution in [1.29, 1.82) is 0 Å². The van der Waals surface area contributed by atoms with Crippen molar-refractivity contribution in [2.24, 2.45) is 5.41 Å². The van der Waals surface area contributed by atoms with Crippen molar-refractivity contribution in [3.05, 3.63) is 40.0 Å². The van der Waals surface area contributed by atoms with Gasteiger partial charge < -0.3 is 10.2 Å². The number of hydrogen-bond acceptors (Lipinski definition) is 7. The molecule has 184 valence electrons. The quantitative estimate of drug-likeness (QED) is 0.524. The smallest absolute Gasteiger partial charge is 0.251 e. The minimum Gasteiger partial charge on any atom is -0.340 e. The van der Waals surface area contributed by atoms with E-state index in [0.717, 1.165) is 28.9 Å². The Bertz CT molecular complexity index is 1250. The van der Waals surface area contributed by atoms with Crippen molar-refractivity contribution in [3.63, 3.8) is 0 Å². The summed E-state index contributed by atoms with van der Waals surface area (Å²) >= 11 is 3.63. The lowest BCUT2D eigenvalue weighted by Crippen LogP contribution is -2.40. The molecule has 11 heteroatoms. The third-order valence-corrected chi connectivity index (χ3v) is 8.13. The topological polar surface area (TPSA) is 84.7 Å². The first-order chi connectivity index (χ1) is 16.8. The van der Waals surface area contributed by atoms with E-state index in [1.165, 1.54) is 24.8 Å². The average Bonchev–Trinajstić information content (AvgIpc) is 3.28. The normalized spacial score (nSPS) is 23.0. The van der Waals surface area contributed by atoms with Gasteiger partial charge in [-0.05, 0) is 85.7 Å². The first-order valence-corrected chi connectivity index (χ1v) is 12.9. The van der Waals surface area contributed by atoms with E-state index < -0.39 is 5.92 Å². The number of anilines is 1. The largest absolute Gasteiger partial charge is 0.340 e. The zero-order chi connectivity index (χ0) is 24.2. The summed E-state index contributed by atoms with van der Waals surface area (Å²) in [5.74, 6) is -1.32. The average molecular weight is 545 g/mol. The van der Waals surface area contributed by atoms with Gasteiger partial charge in [0.05, 0.1) is 5.69 Å². The van der Waals surface area contributed by atoms with Gasteiger partial charge in [-0.1, -0.05) is 15.9 Å². The molecule has 1 aromatic carbocycles. The summed E-state index contributed by atoms with van der Waals surface area (Å²) in [4.78, 5) is 12.5. The molecule has 1 atom stereocenters. The molecule has 2 aliphatic heterocycles. The first kappa shape index (κ1) is 22.9. The van der Waals surface area contributed by atoms with Crippen molar-refractivity contribution in [3.8, 4) is 17.2 Å². The van der Waals surface area contributed by atoms with Gasteiger partial charge in [-0.3, -0.25) is 0 Å². The number of alkyl halides is 2. The molecule has 6 rings (SSSR count). The Kier molecular flexibility index (Phi) is 5.59. The zero-order valence-electron chi connectivity index (χ0n) is 19.5. The van der Waals surface area contributed by atoms with Gasteiger partial charge in [-0.15, -0.1) is 15.0 Å². The van der Waals surface area contributed by atoms with Crippen molar-refractivity contribution in [1.82, 2.24) is 35.5 Å². The van der Waals surface area contributed by atoms with Crippen LogP contribution in [0.4, 0.5) is 14.7 Å². The monoisotopic (exact) mass is 544 g/mol. The maximum absolute atomic E-state index is 13.6. The van der Waals surface area contributed by atoms with E-state index in [1.807, 2.05) is 19.1 Å². The van der Waals surface area contributed by atoms with Crippen LogP contribution in [-0.2, 0) is 0 Å². The Labute approximate surface area is 210 Å². The number of benzene rings is 1. The summed E-state index contributed by atoms with van der Waals surface area (Å²) in [6.45, 7) is 4.43. The molecule has 3 aliphatic rings. The number of rotatable bonds is 4. The van der Waals surface area contributed by atoms with Crippen LogP contribution in [0.15, 0.2) is 28.7 Å². The number of aryl methyl sites for hydroxylation is 1. The molecule has 35 heavy (non-hydrogen) atoms. The second-order valence-corrected chi connectivity index (χ2v) is 10.9. The van der Waals surface area contributed by atoms with Crippen LogP contribution in [-0.4, -0.2) is 62.3 Å². The van der Waals surface area contributed by atoms with E-state index in [0.29, 0.717) is 28.8 Å². The van der Waals surface area contributed by atoms with E-state index >= 15 is 0 Å². The maximum Gasteiger partial charge on any atom is 0.251 e. The fourth-order valence-corrected chi connectivity index (χ4v) is 5.89. The molecule has 8 nitrogen and oxygen atoms in total. The van der Waals surface area contributed by atoms with Crippen molar-refractivity contribution >= 4 is 21.9 Å². The van der Waals surface area contributed by atoms with Crippen LogP contribution in [0, 0.1) is 12.3 Å². The summed E-state index contributed by atoms with van der Waals surface area (Å²) in [5, 5.41) is 16.8. The fourth-order valence-electron chi connectivity index (χ4n) is 5.51. The van der Waals surface area contributed by atoms with Gasteiger partial charge in [0, 0.05) is 36.1 Å². The van der Waals surface area contributed by atoms with Crippen LogP contribution >= 0.6 is 15.9 Å². The summed E-state index contributed by atoms with van der Waals surface area (Å²) in [6.07, 6.45) is 3.16. The molecule has 1 unspecified atom stereocenters. The van der Waals surface area contributed by atoms with E-state index in [-0.39, 0.29) is 25.9 Å². The Balaban J connectivity index is 1.29. The highest BCUT2D eigenvalue weighted by atomic mass is 79.9. The minimum atomic E-state index is -2.62. The molecule has 1 spiro atoms. The lowest BCUT2D eigenvalue weighted by atomic mass is 9.89. The minimum absolute atomic E-state index is 0.195. The summed E-state index contributed by atoms with van der Waals surface area (Å²) in [5.41, 5.74) is 3.80. The number of piperidine rings is 2. The van der Waals surface area contributed by atoms with Crippen molar-refractivity contribution in [2.45, 2.75) is 50.9 Å². The number of aromatic nitrogens is 6. The van der Waals surface area contributed by atoms with Gasteiger partial charge in [0.2, 0.25) is 11.8 Å². The number of nitrogens with zero attached hydrogens (tertiary/aromatic N) is 7. The van der Waals surface area contributed by atoms with Gasteiger partial charge in [0.25, 0.3) is 5.92 Å². The predicted molar refractivity (Wildman–Crippen MR) is 131 cm³/mol. The molecule has 1 N–H and O–H groups in total. The highest BCUT2D eigenvalue weighted by Gasteiger charge is 2.55. The molecule has 3 aromatic rings. The summed E-state index contributed by atoms with van der Waals surface area (Å²) < 4.78 is 28.3. The van der Waals surface area contributed by atoms with E-state index in [9.17, 15) is 8.78 Å². The lowest BCUT2D eigenvalue weighted by Gasteiger charge is -2.31. The van der Waals surface area contributed by atoms with Crippen LogP contribution in [0.2, 0.25) is 0 Å².